The first-order chi connectivity index (χ1) is 11.4. The summed E-state index contributed by atoms with van der Waals surface area (Å²) in [6.07, 6.45) is 0. The zero-order valence-electron chi connectivity index (χ0n) is 12.8. The molecule has 1 heterocycles. The molecule has 0 saturated carbocycles. The molecule has 0 aliphatic carbocycles. The summed E-state index contributed by atoms with van der Waals surface area (Å²) in [4.78, 5) is 11.8. The maximum absolute atomic E-state index is 12.9. The molecule has 126 valence electrons. The average Bonchev–Trinajstić information content (AvgIpc) is 2.83. The SMILES string of the molecule is CCn1c(=O)sc2cc(NS(=O)(=O)Cc3ccc(F)cc3)ccc21. The second kappa shape index (κ2) is 6.37. The van der Waals surface area contributed by atoms with Crippen LogP contribution in [0, 0.1) is 5.82 Å². The van der Waals surface area contributed by atoms with Gasteiger partial charge in [0.25, 0.3) is 0 Å². The number of sulfonamides is 1. The van der Waals surface area contributed by atoms with Gasteiger partial charge in [-0.25, -0.2) is 12.8 Å². The van der Waals surface area contributed by atoms with Crippen molar-refractivity contribution < 1.29 is 12.8 Å². The second-order valence-electron chi connectivity index (χ2n) is 5.28. The second-order valence-corrected chi connectivity index (χ2v) is 8.00. The van der Waals surface area contributed by atoms with E-state index in [1.54, 1.807) is 22.8 Å². The van der Waals surface area contributed by atoms with E-state index in [9.17, 15) is 17.6 Å². The molecule has 0 aliphatic heterocycles. The number of rotatable bonds is 5. The van der Waals surface area contributed by atoms with E-state index in [0.29, 0.717) is 17.8 Å². The molecule has 5 nitrogen and oxygen atoms in total. The molecule has 0 unspecified atom stereocenters. The number of aromatic nitrogens is 1. The van der Waals surface area contributed by atoms with Gasteiger partial charge >= 0.3 is 4.87 Å². The quantitative estimate of drug-likeness (QED) is 0.754. The lowest BCUT2D eigenvalue weighted by molar-refractivity contribution is 0.600. The van der Waals surface area contributed by atoms with Crippen molar-refractivity contribution >= 4 is 37.3 Å². The lowest BCUT2D eigenvalue weighted by Crippen LogP contribution is -2.15. The lowest BCUT2D eigenvalue weighted by atomic mass is 10.2. The Kier molecular flexibility index (Phi) is 4.42. The Hall–Kier alpha value is -2.19. The van der Waals surface area contributed by atoms with Gasteiger partial charge < -0.3 is 0 Å². The van der Waals surface area contributed by atoms with Crippen molar-refractivity contribution in [2.75, 3.05) is 4.72 Å². The van der Waals surface area contributed by atoms with Crippen LogP contribution in [0.1, 0.15) is 12.5 Å². The fourth-order valence-electron chi connectivity index (χ4n) is 2.44. The predicted molar refractivity (Wildman–Crippen MR) is 94.4 cm³/mol. The molecule has 0 amide bonds. The number of aryl methyl sites for hydroxylation is 1. The smallest absolute Gasteiger partial charge is 0.299 e. The van der Waals surface area contributed by atoms with Gasteiger partial charge in [-0.05, 0) is 42.8 Å². The van der Waals surface area contributed by atoms with Gasteiger partial charge in [0, 0.05) is 6.54 Å². The van der Waals surface area contributed by atoms with Gasteiger partial charge in [0.15, 0.2) is 0 Å². The zero-order chi connectivity index (χ0) is 17.3. The van der Waals surface area contributed by atoms with Crippen LogP contribution in [0.4, 0.5) is 10.1 Å². The summed E-state index contributed by atoms with van der Waals surface area (Å²) in [7, 11) is -3.63. The van der Waals surface area contributed by atoms with Gasteiger partial charge in [-0.2, -0.15) is 0 Å². The Balaban J connectivity index is 1.85. The van der Waals surface area contributed by atoms with Crippen LogP contribution in [-0.4, -0.2) is 13.0 Å². The molecule has 1 aromatic heterocycles. The van der Waals surface area contributed by atoms with Crippen molar-refractivity contribution in [3.05, 3.63) is 63.5 Å². The van der Waals surface area contributed by atoms with Crippen LogP contribution in [0.2, 0.25) is 0 Å². The molecule has 3 aromatic rings. The maximum atomic E-state index is 12.9. The molecule has 0 bridgehead atoms. The van der Waals surface area contributed by atoms with E-state index >= 15 is 0 Å². The number of thiazole rings is 1. The predicted octanol–water partition coefficient (Wildman–Crippen LogP) is 3.16. The third kappa shape index (κ3) is 3.49. The highest BCUT2D eigenvalue weighted by Crippen LogP contribution is 2.23. The van der Waals surface area contributed by atoms with Gasteiger partial charge in [0.1, 0.15) is 5.82 Å². The van der Waals surface area contributed by atoms with Crippen LogP contribution >= 0.6 is 11.3 Å². The van der Waals surface area contributed by atoms with E-state index in [0.717, 1.165) is 21.6 Å². The topological polar surface area (TPSA) is 68.2 Å². The van der Waals surface area contributed by atoms with Gasteiger partial charge in [-0.1, -0.05) is 23.5 Å². The molecule has 24 heavy (non-hydrogen) atoms. The maximum Gasteiger partial charge on any atom is 0.308 e. The summed E-state index contributed by atoms with van der Waals surface area (Å²) in [5, 5.41) is 0. The van der Waals surface area contributed by atoms with Crippen molar-refractivity contribution in [2.24, 2.45) is 0 Å². The number of hydrogen-bond acceptors (Lipinski definition) is 4. The van der Waals surface area contributed by atoms with Crippen molar-refractivity contribution in [3.8, 4) is 0 Å². The van der Waals surface area contributed by atoms with Crippen LogP contribution in [0.15, 0.2) is 47.3 Å². The third-order valence-corrected chi connectivity index (χ3v) is 5.73. The molecule has 0 aliphatic rings. The summed E-state index contributed by atoms with van der Waals surface area (Å²) < 4.78 is 42.2. The van der Waals surface area contributed by atoms with E-state index in [1.807, 2.05) is 6.92 Å². The number of benzene rings is 2. The largest absolute Gasteiger partial charge is 0.308 e. The van der Waals surface area contributed by atoms with Crippen LogP contribution in [0.5, 0.6) is 0 Å². The minimum absolute atomic E-state index is 0.0705. The monoisotopic (exact) mass is 366 g/mol. The first kappa shape index (κ1) is 16.7. The van der Waals surface area contributed by atoms with E-state index in [4.69, 9.17) is 0 Å². The minimum Gasteiger partial charge on any atom is -0.299 e. The van der Waals surface area contributed by atoms with Crippen LogP contribution in [-0.2, 0) is 22.3 Å². The Morgan fingerprint density at radius 3 is 2.54 bits per heavy atom. The van der Waals surface area contributed by atoms with E-state index in [-0.39, 0.29) is 10.6 Å². The van der Waals surface area contributed by atoms with Crippen molar-refractivity contribution in [1.82, 2.24) is 4.57 Å². The fraction of sp³-hybridized carbons (Fsp3) is 0.188. The summed E-state index contributed by atoms with van der Waals surface area (Å²) in [6.45, 7) is 2.45. The highest BCUT2D eigenvalue weighted by atomic mass is 32.2. The van der Waals surface area contributed by atoms with Crippen molar-refractivity contribution in [1.29, 1.82) is 0 Å². The summed E-state index contributed by atoms with van der Waals surface area (Å²) >= 11 is 1.08. The summed E-state index contributed by atoms with van der Waals surface area (Å²) in [5.74, 6) is -0.665. The molecule has 8 heteroatoms. The van der Waals surface area contributed by atoms with Gasteiger partial charge in [0.05, 0.1) is 21.7 Å². The summed E-state index contributed by atoms with van der Waals surface area (Å²) in [6, 6.07) is 10.3. The van der Waals surface area contributed by atoms with E-state index in [2.05, 4.69) is 4.72 Å². The number of nitrogens with zero attached hydrogens (tertiary/aromatic N) is 1. The first-order valence-electron chi connectivity index (χ1n) is 7.26. The molecular weight excluding hydrogens is 351 g/mol. The Morgan fingerprint density at radius 1 is 1.17 bits per heavy atom. The zero-order valence-corrected chi connectivity index (χ0v) is 14.5. The number of anilines is 1. The average molecular weight is 366 g/mol. The van der Waals surface area contributed by atoms with Gasteiger partial charge in [-0.3, -0.25) is 14.1 Å². The van der Waals surface area contributed by atoms with Crippen molar-refractivity contribution in [3.63, 3.8) is 0 Å². The molecule has 3 rings (SSSR count). The van der Waals surface area contributed by atoms with E-state index < -0.39 is 15.8 Å². The molecular formula is C16H15FN2O3S2. The highest BCUT2D eigenvalue weighted by Gasteiger charge is 2.13. The number of halogens is 1. The molecule has 0 atom stereocenters. The minimum atomic E-state index is -3.63. The van der Waals surface area contributed by atoms with Gasteiger partial charge in [0.2, 0.25) is 10.0 Å². The number of fused-ring (bicyclic) bond motifs is 1. The Labute approximate surface area is 142 Å². The number of nitrogens with one attached hydrogen (secondary N) is 1. The molecule has 1 N–H and O–H groups in total. The third-order valence-electron chi connectivity index (χ3n) is 3.53. The van der Waals surface area contributed by atoms with Crippen molar-refractivity contribution in [2.45, 2.75) is 19.2 Å². The number of hydrogen-bond donors (Lipinski definition) is 1. The molecule has 0 fully saturated rings. The molecule has 0 spiro atoms. The van der Waals surface area contributed by atoms with E-state index in [1.165, 1.54) is 24.3 Å². The molecule has 2 aromatic carbocycles. The highest BCUT2D eigenvalue weighted by molar-refractivity contribution is 7.91. The Bertz CT molecular complexity index is 1040. The standard InChI is InChI=1S/C16H15FN2O3S2/c1-2-19-14-8-7-13(9-15(14)23-16(19)20)18-24(21,22)10-11-3-5-12(17)6-4-11/h3-9,18H,2,10H2,1H3. The fourth-order valence-corrected chi connectivity index (χ4v) is 4.63. The molecule has 0 saturated heterocycles. The van der Waals surface area contributed by atoms with Crippen LogP contribution in [0.3, 0.4) is 0 Å². The lowest BCUT2D eigenvalue weighted by Gasteiger charge is -2.08. The van der Waals surface area contributed by atoms with Crippen LogP contribution < -0.4 is 9.60 Å². The normalized spacial score (nSPS) is 11.8. The Morgan fingerprint density at radius 2 is 1.88 bits per heavy atom. The first-order valence-corrected chi connectivity index (χ1v) is 9.73. The molecule has 0 radical (unpaired) electrons. The summed E-state index contributed by atoms with van der Waals surface area (Å²) in [5.41, 5.74) is 1.68. The van der Waals surface area contributed by atoms with Crippen LogP contribution in [0.25, 0.3) is 10.2 Å². The van der Waals surface area contributed by atoms with Gasteiger partial charge in [-0.15, -0.1) is 0 Å².